The molecule has 0 aromatic carbocycles. The van der Waals surface area contributed by atoms with E-state index >= 15 is 0 Å². The highest BCUT2D eigenvalue weighted by atomic mass is 32.2. The van der Waals surface area contributed by atoms with Crippen LogP contribution in [0.4, 0.5) is 4.79 Å². The van der Waals surface area contributed by atoms with Gasteiger partial charge in [0.1, 0.15) is 0 Å². The van der Waals surface area contributed by atoms with E-state index in [-0.39, 0.29) is 6.03 Å². The van der Waals surface area contributed by atoms with E-state index < -0.39 is 0 Å². The number of thioether (sulfide) groups is 2. The predicted molar refractivity (Wildman–Crippen MR) is 69.9 cm³/mol. The Morgan fingerprint density at radius 3 is 2.93 bits per heavy atom. The Bertz CT molecular complexity index is 184. The van der Waals surface area contributed by atoms with E-state index in [1.807, 2.05) is 23.5 Å². The Balaban J connectivity index is 2.00. The molecule has 1 aliphatic rings. The van der Waals surface area contributed by atoms with Crippen molar-refractivity contribution in [2.45, 2.75) is 25.0 Å². The normalized spacial score (nSPS) is 21.0. The summed E-state index contributed by atoms with van der Waals surface area (Å²) in [5.41, 5.74) is 0. The van der Waals surface area contributed by atoms with Gasteiger partial charge in [0.15, 0.2) is 0 Å². The van der Waals surface area contributed by atoms with Crippen molar-refractivity contribution in [3.8, 4) is 0 Å². The highest BCUT2D eigenvalue weighted by molar-refractivity contribution is 8.06. The van der Waals surface area contributed by atoms with Gasteiger partial charge in [-0.05, 0) is 6.42 Å². The van der Waals surface area contributed by atoms with Gasteiger partial charge in [0.2, 0.25) is 0 Å². The van der Waals surface area contributed by atoms with Crippen molar-refractivity contribution in [3.05, 3.63) is 0 Å². The molecule has 15 heavy (non-hydrogen) atoms. The number of urea groups is 1. The standard InChI is InChI=1S/C10H20N2OS2/c1-2-3-4-11-10(13)12-7-9-8-14-5-6-15-9/h9H,2-8H2,1H3,(H2,11,12,13). The van der Waals surface area contributed by atoms with Gasteiger partial charge in [-0.3, -0.25) is 0 Å². The fraction of sp³-hybridized carbons (Fsp3) is 0.900. The molecule has 1 rings (SSSR count). The van der Waals surface area contributed by atoms with E-state index in [9.17, 15) is 4.79 Å². The number of nitrogens with one attached hydrogen (secondary N) is 2. The fourth-order valence-electron chi connectivity index (χ4n) is 1.30. The average Bonchev–Trinajstić information content (AvgIpc) is 2.28. The minimum Gasteiger partial charge on any atom is -0.338 e. The maximum absolute atomic E-state index is 11.3. The summed E-state index contributed by atoms with van der Waals surface area (Å²) in [6.45, 7) is 3.71. The molecule has 88 valence electrons. The second-order valence-corrected chi connectivity index (χ2v) is 6.12. The van der Waals surface area contributed by atoms with E-state index in [2.05, 4.69) is 17.6 Å². The van der Waals surface area contributed by atoms with Crippen LogP contribution in [0.5, 0.6) is 0 Å². The molecular formula is C10H20N2OS2. The quantitative estimate of drug-likeness (QED) is 0.731. The van der Waals surface area contributed by atoms with Gasteiger partial charge in [0, 0.05) is 35.6 Å². The third kappa shape index (κ3) is 6.20. The second kappa shape index (κ2) is 8.16. The van der Waals surface area contributed by atoms with E-state index in [0.29, 0.717) is 5.25 Å². The second-order valence-electron chi connectivity index (χ2n) is 3.56. The minimum absolute atomic E-state index is 0.0142. The maximum atomic E-state index is 11.3. The first-order valence-corrected chi connectivity index (χ1v) is 7.74. The van der Waals surface area contributed by atoms with Crippen LogP contribution in [-0.4, -0.2) is 41.6 Å². The summed E-state index contributed by atoms with van der Waals surface area (Å²) in [7, 11) is 0. The Kier molecular flexibility index (Phi) is 7.09. The molecule has 1 fully saturated rings. The highest BCUT2D eigenvalue weighted by Crippen LogP contribution is 2.23. The van der Waals surface area contributed by atoms with Gasteiger partial charge in [-0.2, -0.15) is 23.5 Å². The zero-order chi connectivity index (χ0) is 10.9. The van der Waals surface area contributed by atoms with Crippen LogP contribution in [0.25, 0.3) is 0 Å². The van der Waals surface area contributed by atoms with Gasteiger partial charge in [-0.25, -0.2) is 4.79 Å². The van der Waals surface area contributed by atoms with E-state index in [1.54, 1.807) is 0 Å². The molecule has 5 heteroatoms. The van der Waals surface area contributed by atoms with Crippen LogP contribution in [0.2, 0.25) is 0 Å². The largest absolute Gasteiger partial charge is 0.338 e. The predicted octanol–water partition coefficient (Wildman–Crippen LogP) is 1.93. The number of hydrogen-bond acceptors (Lipinski definition) is 3. The summed E-state index contributed by atoms with van der Waals surface area (Å²) in [6.07, 6.45) is 2.18. The summed E-state index contributed by atoms with van der Waals surface area (Å²) in [6, 6.07) is -0.0142. The third-order valence-electron chi connectivity index (χ3n) is 2.19. The third-order valence-corrected chi connectivity index (χ3v) is 5.04. The number of hydrogen-bond donors (Lipinski definition) is 2. The van der Waals surface area contributed by atoms with Crippen molar-refractivity contribution in [2.75, 3.05) is 30.3 Å². The van der Waals surface area contributed by atoms with Gasteiger partial charge >= 0.3 is 6.03 Å². The number of carbonyl (C=O) groups is 1. The molecule has 0 spiro atoms. The van der Waals surface area contributed by atoms with Gasteiger partial charge in [0.25, 0.3) is 0 Å². The van der Waals surface area contributed by atoms with Crippen LogP contribution in [0.1, 0.15) is 19.8 Å². The summed E-state index contributed by atoms with van der Waals surface area (Å²) in [5.74, 6) is 3.64. The summed E-state index contributed by atoms with van der Waals surface area (Å²) in [4.78, 5) is 11.3. The SMILES string of the molecule is CCCCNC(=O)NCC1CSCCS1. The number of rotatable bonds is 5. The van der Waals surface area contributed by atoms with Gasteiger partial charge < -0.3 is 10.6 Å². The molecule has 0 aromatic rings. The fourth-order valence-corrected chi connectivity index (χ4v) is 3.91. The summed E-state index contributed by atoms with van der Waals surface area (Å²) >= 11 is 3.95. The van der Waals surface area contributed by atoms with E-state index in [4.69, 9.17) is 0 Å². The molecule has 1 saturated heterocycles. The van der Waals surface area contributed by atoms with Crippen LogP contribution in [0.15, 0.2) is 0 Å². The molecule has 0 aromatic heterocycles. The number of carbonyl (C=O) groups excluding carboxylic acids is 1. The maximum Gasteiger partial charge on any atom is 0.314 e. The Morgan fingerprint density at radius 1 is 1.40 bits per heavy atom. The van der Waals surface area contributed by atoms with Crippen molar-refractivity contribution in [1.82, 2.24) is 10.6 Å². The van der Waals surface area contributed by atoms with Crippen molar-refractivity contribution < 1.29 is 4.79 Å². The van der Waals surface area contributed by atoms with Gasteiger partial charge in [-0.1, -0.05) is 13.3 Å². The lowest BCUT2D eigenvalue weighted by Gasteiger charge is -2.21. The van der Waals surface area contributed by atoms with Crippen LogP contribution in [0, 0.1) is 0 Å². The van der Waals surface area contributed by atoms with Crippen LogP contribution in [0.3, 0.4) is 0 Å². The zero-order valence-electron chi connectivity index (χ0n) is 9.25. The molecule has 1 atom stereocenters. The summed E-state index contributed by atoms with van der Waals surface area (Å²) < 4.78 is 0. The molecule has 2 amide bonds. The number of unbranched alkanes of at least 4 members (excludes halogenated alkanes) is 1. The lowest BCUT2D eigenvalue weighted by molar-refractivity contribution is 0.241. The average molecular weight is 248 g/mol. The van der Waals surface area contributed by atoms with E-state index in [0.717, 1.165) is 25.9 Å². The van der Waals surface area contributed by atoms with Crippen molar-refractivity contribution in [2.24, 2.45) is 0 Å². The topological polar surface area (TPSA) is 41.1 Å². The van der Waals surface area contributed by atoms with Gasteiger partial charge in [0.05, 0.1) is 0 Å². The number of amides is 2. The Morgan fingerprint density at radius 2 is 2.27 bits per heavy atom. The monoisotopic (exact) mass is 248 g/mol. The molecule has 1 unspecified atom stereocenters. The lowest BCUT2D eigenvalue weighted by Crippen LogP contribution is -2.40. The lowest BCUT2D eigenvalue weighted by atomic mass is 10.3. The molecule has 0 saturated carbocycles. The molecule has 1 aliphatic heterocycles. The molecule has 0 aliphatic carbocycles. The summed E-state index contributed by atoms with van der Waals surface area (Å²) in [5, 5.41) is 6.38. The first-order chi connectivity index (χ1) is 7.33. The Hall–Kier alpha value is -0.0300. The first kappa shape index (κ1) is 13.0. The van der Waals surface area contributed by atoms with Gasteiger partial charge in [-0.15, -0.1) is 0 Å². The zero-order valence-corrected chi connectivity index (χ0v) is 10.9. The van der Waals surface area contributed by atoms with Crippen LogP contribution < -0.4 is 10.6 Å². The smallest absolute Gasteiger partial charge is 0.314 e. The molecule has 3 nitrogen and oxygen atoms in total. The van der Waals surface area contributed by atoms with Crippen molar-refractivity contribution in [3.63, 3.8) is 0 Å². The Labute approximate surface area is 101 Å². The van der Waals surface area contributed by atoms with Crippen LogP contribution in [-0.2, 0) is 0 Å². The molecular weight excluding hydrogens is 228 g/mol. The molecule has 0 radical (unpaired) electrons. The van der Waals surface area contributed by atoms with E-state index in [1.165, 1.54) is 17.3 Å². The molecule has 2 N–H and O–H groups in total. The minimum atomic E-state index is -0.0142. The molecule has 1 heterocycles. The molecule has 0 bridgehead atoms. The van der Waals surface area contributed by atoms with Crippen molar-refractivity contribution >= 4 is 29.6 Å². The first-order valence-electron chi connectivity index (χ1n) is 5.54. The van der Waals surface area contributed by atoms with Crippen LogP contribution >= 0.6 is 23.5 Å². The highest BCUT2D eigenvalue weighted by Gasteiger charge is 2.14. The van der Waals surface area contributed by atoms with Crippen molar-refractivity contribution in [1.29, 1.82) is 0 Å².